The molecule has 2 unspecified atom stereocenters. The van der Waals surface area contributed by atoms with Crippen LogP contribution in [-0.4, -0.2) is 40.3 Å². The number of ether oxygens (including phenoxy) is 1. The van der Waals surface area contributed by atoms with Crippen LogP contribution >= 0.6 is 11.8 Å². The first-order valence-electron chi connectivity index (χ1n) is 8.34. The Kier molecular flexibility index (Phi) is 6.79. The molecule has 0 spiro atoms. The lowest BCUT2D eigenvalue weighted by Crippen LogP contribution is -2.46. The summed E-state index contributed by atoms with van der Waals surface area (Å²) in [6, 6.07) is 6.39. The molecule has 0 fully saturated rings. The third-order valence-corrected chi connectivity index (χ3v) is 5.29. The average molecular weight is 377 g/mol. The second-order valence-corrected chi connectivity index (χ2v) is 6.96. The Labute approximate surface area is 156 Å². The summed E-state index contributed by atoms with van der Waals surface area (Å²) >= 11 is 1.15. The molecule has 0 aliphatic rings. The third kappa shape index (κ3) is 4.43. The molecule has 2 atom stereocenters. The summed E-state index contributed by atoms with van der Waals surface area (Å²) in [7, 11) is 2.92. The smallest absolute Gasteiger partial charge is 0.328 e. The van der Waals surface area contributed by atoms with Gasteiger partial charge >= 0.3 is 5.97 Å². The number of esters is 1. The van der Waals surface area contributed by atoms with Crippen LogP contribution in [0.1, 0.15) is 20.3 Å². The zero-order valence-electron chi connectivity index (χ0n) is 15.3. The van der Waals surface area contributed by atoms with Crippen LogP contribution in [0.4, 0.5) is 0 Å². The van der Waals surface area contributed by atoms with Crippen molar-refractivity contribution in [1.29, 1.82) is 0 Å². The number of hydrogen-bond donors (Lipinski definition) is 1. The number of amides is 1. The topological polar surface area (TPSA) is 90.3 Å². The predicted octanol–water partition coefficient (Wildman–Crippen LogP) is 1.73. The number of fused-ring (bicyclic) bond motifs is 1. The molecule has 1 aromatic carbocycles. The minimum absolute atomic E-state index is 0.0421. The minimum atomic E-state index is -0.688. The third-order valence-electron chi connectivity index (χ3n) is 4.26. The molecule has 0 bridgehead atoms. The van der Waals surface area contributed by atoms with E-state index in [-0.39, 0.29) is 23.1 Å². The van der Waals surface area contributed by atoms with Crippen LogP contribution in [0.3, 0.4) is 0 Å². The fraction of sp³-hybridized carbons (Fsp3) is 0.444. The van der Waals surface area contributed by atoms with Gasteiger partial charge in [0.05, 0.1) is 23.8 Å². The van der Waals surface area contributed by atoms with Crippen molar-refractivity contribution in [2.24, 2.45) is 13.0 Å². The lowest BCUT2D eigenvalue weighted by Gasteiger charge is -2.21. The van der Waals surface area contributed by atoms with Gasteiger partial charge in [-0.05, 0) is 18.1 Å². The van der Waals surface area contributed by atoms with E-state index in [0.717, 1.165) is 18.2 Å². The van der Waals surface area contributed by atoms with Gasteiger partial charge in [-0.15, -0.1) is 0 Å². The summed E-state index contributed by atoms with van der Waals surface area (Å²) in [5, 5.41) is 3.69. The molecule has 1 aromatic heterocycles. The van der Waals surface area contributed by atoms with E-state index in [4.69, 9.17) is 4.74 Å². The van der Waals surface area contributed by atoms with E-state index < -0.39 is 12.0 Å². The number of nitrogens with zero attached hydrogens (tertiary/aromatic N) is 2. The Balaban J connectivity index is 2.11. The maximum absolute atomic E-state index is 12.4. The highest BCUT2D eigenvalue weighted by molar-refractivity contribution is 7.99. The highest BCUT2D eigenvalue weighted by Gasteiger charge is 2.26. The molecule has 140 valence electrons. The van der Waals surface area contributed by atoms with Crippen molar-refractivity contribution < 1.29 is 14.3 Å². The molecule has 0 aliphatic heterocycles. The molecule has 1 amide bonds. The van der Waals surface area contributed by atoms with E-state index in [1.165, 1.54) is 11.7 Å². The fourth-order valence-corrected chi connectivity index (χ4v) is 3.25. The van der Waals surface area contributed by atoms with E-state index in [1.807, 2.05) is 19.9 Å². The van der Waals surface area contributed by atoms with Crippen molar-refractivity contribution in [3.63, 3.8) is 0 Å². The van der Waals surface area contributed by atoms with Crippen molar-refractivity contribution in [2.45, 2.75) is 31.5 Å². The predicted molar refractivity (Wildman–Crippen MR) is 101 cm³/mol. The van der Waals surface area contributed by atoms with Gasteiger partial charge in [-0.3, -0.25) is 14.2 Å². The van der Waals surface area contributed by atoms with Gasteiger partial charge in [-0.25, -0.2) is 9.78 Å². The van der Waals surface area contributed by atoms with Crippen LogP contribution in [0, 0.1) is 5.92 Å². The van der Waals surface area contributed by atoms with Crippen LogP contribution in [0.15, 0.2) is 34.2 Å². The van der Waals surface area contributed by atoms with Gasteiger partial charge in [-0.1, -0.05) is 44.2 Å². The molecule has 0 radical (unpaired) electrons. The molecule has 2 aromatic rings. The Hall–Kier alpha value is -2.35. The van der Waals surface area contributed by atoms with Crippen LogP contribution in [0.5, 0.6) is 0 Å². The highest BCUT2D eigenvalue weighted by Crippen LogP contribution is 2.17. The highest BCUT2D eigenvalue weighted by atomic mass is 32.2. The van der Waals surface area contributed by atoms with Gasteiger partial charge in [0.15, 0.2) is 5.16 Å². The van der Waals surface area contributed by atoms with Gasteiger partial charge in [0.25, 0.3) is 5.56 Å². The monoisotopic (exact) mass is 377 g/mol. The van der Waals surface area contributed by atoms with Crippen molar-refractivity contribution in [2.75, 3.05) is 12.9 Å². The summed E-state index contributed by atoms with van der Waals surface area (Å²) in [5.74, 6) is -0.774. The van der Waals surface area contributed by atoms with Crippen molar-refractivity contribution in [1.82, 2.24) is 14.9 Å². The number of carbonyl (C=O) groups is 2. The molecule has 0 saturated carbocycles. The number of benzene rings is 1. The maximum atomic E-state index is 12.4. The standard InChI is InChI=1S/C18H23N3O4S/c1-5-11(2)15(17(24)25-4)20-14(22)10-26-18-19-13-9-7-6-8-12(13)16(23)21(18)3/h6-9,11,15H,5,10H2,1-4H3,(H,20,22). The second kappa shape index (κ2) is 8.84. The van der Waals surface area contributed by atoms with Crippen molar-refractivity contribution in [3.05, 3.63) is 34.6 Å². The number of rotatable bonds is 7. The molecule has 2 rings (SSSR count). The van der Waals surface area contributed by atoms with Gasteiger partial charge in [0, 0.05) is 7.05 Å². The Morgan fingerprint density at radius 1 is 1.35 bits per heavy atom. The summed E-state index contributed by atoms with van der Waals surface area (Å²) < 4.78 is 6.19. The van der Waals surface area contributed by atoms with Gasteiger partial charge in [-0.2, -0.15) is 0 Å². The van der Waals surface area contributed by atoms with Crippen LogP contribution in [0.2, 0.25) is 0 Å². The number of thioether (sulfide) groups is 1. The minimum Gasteiger partial charge on any atom is -0.467 e. The molecule has 7 nitrogen and oxygen atoms in total. The van der Waals surface area contributed by atoms with E-state index in [9.17, 15) is 14.4 Å². The molecule has 0 aliphatic carbocycles. The largest absolute Gasteiger partial charge is 0.467 e. The van der Waals surface area contributed by atoms with Crippen LogP contribution in [0.25, 0.3) is 10.9 Å². The number of nitrogens with one attached hydrogen (secondary N) is 1. The Morgan fingerprint density at radius 3 is 2.69 bits per heavy atom. The quantitative estimate of drug-likeness (QED) is 0.449. The number of para-hydroxylation sites is 1. The summed E-state index contributed by atoms with van der Waals surface area (Å²) in [4.78, 5) is 41.0. The summed E-state index contributed by atoms with van der Waals surface area (Å²) in [6.45, 7) is 3.82. The molecular formula is C18H23N3O4S. The molecule has 26 heavy (non-hydrogen) atoms. The van der Waals surface area contributed by atoms with E-state index in [0.29, 0.717) is 16.1 Å². The van der Waals surface area contributed by atoms with Crippen molar-refractivity contribution in [3.8, 4) is 0 Å². The zero-order chi connectivity index (χ0) is 19.3. The molecule has 1 N–H and O–H groups in total. The maximum Gasteiger partial charge on any atom is 0.328 e. The second-order valence-electron chi connectivity index (χ2n) is 6.02. The van der Waals surface area contributed by atoms with E-state index in [2.05, 4.69) is 10.3 Å². The number of carbonyl (C=O) groups excluding carboxylic acids is 2. The number of aromatic nitrogens is 2. The lowest BCUT2D eigenvalue weighted by molar-refractivity contribution is -0.146. The summed E-state index contributed by atoms with van der Waals surface area (Å²) in [5.41, 5.74) is 0.427. The first-order chi connectivity index (χ1) is 12.4. The average Bonchev–Trinajstić information content (AvgIpc) is 2.66. The first-order valence-corrected chi connectivity index (χ1v) is 9.33. The van der Waals surface area contributed by atoms with Crippen LogP contribution in [-0.2, 0) is 21.4 Å². The van der Waals surface area contributed by atoms with Crippen LogP contribution < -0.4 is 10.9 Å². The molecule has 8 heteroatoms. The van der Waals surface area contributed by atoms with E-state index >= 15 is 0 Å². The number of hydrogen-bond acceptors (Lipinski definition) is 6. The zero-order valence-corrected chi connectivity index (χ0v) is 16.1. The molecule has 1 heterocycles. The van der Waals surface area contributed by atoms with E-state index in [1.54, 1.807) is 25.2 Å². The normalized spacial score (nSPS) is 13.2. The lowest BCUT2D eigenvalue weighted by atomic mass is 9.99. The van der Waals surface area contributed by atoms with Gasteiger partial charge in [0.2, 0.25) is 5.91 Å². The van der Waals surface area contributed by atoms with Gasteiger partial charge in [0.1, 0.15) is 6.04 Å². The SMILES string of the molecule is CCC(C)C(NC(=O)CSc1nc2ccccc2c(=O)n1C)C(=O)OC. The summed E-state index contributed by atoms with van der Waals surface area (Å²) in [6.07, 6.45) is 0.730. The number of methoxy groups -OCH3 is 1. The fourth-order valence-electron chi connectivity index (χ4n) is 2.47. The van der Waals surface area contributed by atoms with Gasteiger partial charge < -0.3 is 10.1 Å². The molecular weight excluding hydrogens is 354 g/mol. The van der Waals surface area contributed by atoms with Crippen molar-refractivity contribution >= 4 is 34.5 Å². The Morgan fingerprint density at radius 2 is 2.04 bits per heavy atom. The molecule has 0 saturated heterocycles. The Bertz CT molecular complexity index is 865. The first kappa shape index (κ1) is 20.0.